The van der Waals surface area contributed by atoms with Gasteiger partial charge >= 0.3 is 0 Å². The third-order valence-corrected chi connectivity index (χ3v) is 6.89. The first-order valence-corrected chi connectivity index (χ1v) is 12.3. The van der Waals surface area contributed by atoms with Crippen LogP contribution in [0.25, 0.3) is 0 Å². The van der Waals surface area contributed by atoms with Crippen molar-refractivity contribution in [2.75, 3.05) is 30.0 Å². The molecular weight excluding hydrogens is 454 g/mol. The van der Waals surface area contributed by atoms with Crippen LogP contribution in [-0.4, -0.2) is 47.5 Å². The molecule has 176 valence electrons. The predicted octanol–water partition coefficient (Wildman–Crippen LogP) is 3.75. The van der Waals surface area contributed by atoms with Gasteiger partial charge in [-0.2, -0.15) is 4.36 Å². The van der Waals surface area contributed by atoms with E-state index in [9.17, 15) is 13.8 Å². The number of hydrogen-bond acceptors (Lipinski definition) is 6. The maximum absolute atomic E-state index is 12.7. The Morgan fingerprint density at radius 3 is 2.68 bits per heavy atom. The van der Waals surface area contributed by atoms with Gasteiger partial charge in [0, 0.05) is 28.6 Å². The molecule has 1 aliphatic heterocycles. The lowest BCUT2D eigenvalue weighted by Gasteiger charge is -2.15. The van der Waals surface area contributed by atoms with Gasteiger partial charge in [-0.3, -0.25) is 14.6 Å². The molecule has 0 unspecified atom stereocenters. The molecule has 0 aliphatic carbocycles. The molecule has 0 spiro atoms. The van der Waals surface area contributed by atoms with Crippen molar-refractivity contribution in [1.82, 2.24) is 0 Å². The van der Waals surface area contributed by atoms with Crippen LogP contribution in [0.15, 0.2) is 73.8 Å². The molecule has 8 nitrogen and oxygen atoms in total. The number of aliphatic imine (C=N–C) groups is 1. The molecule has 9 heteroatoms. The Bertz CT molecular complexity index is 1340. The number of nitrogens with zero attached hydrogens (tertiary/aromatic N) is 2. The van der Waals surface area contributed by atoms with Crippen LogP contribution in [0, 0.1) is 18.8 Å². The van der Waals surface area contributed by atoms with Gasteiger partial charge in [-0.25, -0.2) is 4.21 Å². The van der Waals surface area contributed by atoms with Crippen LogP contribution in [0.2, 0.25) is 0 Å². The van der Waals surface area contributed by atoms with Crippen LogP contribution in [0.1, 0.15) is 28.6 Å². The standard InChI is InChI=1S/C25H25N3O5S/c1-18(15-21(17-26-3)24(29)28-34(31)13-11-32-12-14-34)7-8-20-5-4-6-22(16-20)27-25(30)23-19(2)9-10-33-23/h4-6,9-10,15-17H,3,11-14H2,1-2H3,(H,27,30)/b18-15+,21-17+. The van der Waals surface area contributed by atoms with E-state index in [4.69, 9.17) is 9.15 Å². The first-order valence-electron chi connectivity index (χ1n) is 10.5. The van der Waals surface area contributed by atoms with Gasteiger partial charge in [0.2, 0.25) is 0 Å². The average Bonchev–Trinajstić information content (AvgIpc) is 3.24. The van der Waals surface area contributed by atoms with Crippen molar-refractivity contribution in [2.24, 2.45) is 9.36 Å². The number of nitrogens with one attached hydrogen (secondary N) is 1. The van der Waals surface area contributed by atoms with E-state index in [-0.39, 0.29) is 28.7 Å². The molecule has 0 saturated carbocycles. The van der Waals surface area contributed by atoms with Crippen molar-refractivity contribution >= 4 is 33.9 Å². The zero-order valence-corrected chi connectivity index (χ0v) is 19.8. The normalized spacial score (nSPS) is 15.6. The number of hydrogen-bond donors (Lipinski definition) is 1. The Labute approximate surface area is 199 Å². The highest BCUT2D eigenvalue weighted by Crippen LogP contribution is 2.15. The minimum atomic E-state index is -2.64. The molecule has 1 N–H and O–H groups in total. The molecule has 2 aromatic rings. The zero-order chi connectivity index (χ0) is 24.6. The molecule has 1 saturated heterocycles. The summed E-state index contributed by atoms with van der Waals surface area (Å²) in [5.74, 6) is 5.69. The second-order valence-corrected chi connectivity index (χ2v) is 10.0. The second kappa shape index (κ2) is 11.4. The van der Waals surface area contributed by atoms with Crippen LogP contribution in [0.4, 0.5) is 5.69 Å². The fourth-order valence-corrected chi connectivity index (χ4v) is 4.59. The maximum Gasteiger partial charge on any atom is 0.291 e. The molecule has 0 atom stereocenters. The minimum absolute atomic E-state index is 0.144. The fraction of sp³-hybridized carbons (Fsp3) is 0.240. The van der Waals surface area contributed by atoms with Crippen LogP contribution in [0.5, 0.6) is 0 Å². The quantitative estimate of drug-likeness (QED) is 0.304. The SMILES string of the molecule is C=N/C=C(\C=C(/C)C#Cc1cccc(NC(=O)c2occc2C)c1)C(=O)N=S1(=O)CCOCC1. The van der Waals surface area contributed by atoms with Gasteiger partial charge in [-0.05, 0) is 50.9 Å². The number of anilines is 1. The van der Waals surface area contributed by atoms with Gasteiger partial charge in [0.1, 0.15) is 0 Å². The number of allylic oxidation sites excluding steroid dienone is 1. The Morgan fingerprint density at radius 1 is 1.24 bits per heavy atom. The van der Waals surface area contributed by atoms with Gasteiger partial charge in [-0.1, -0.05) is 17.9 Å². The molecule has 2 heterocycles. The highest BCUT2D eigenvalue weighted by atomic mass is 32.2. The van der Waals surface area contributed by atoms with E-state index in [2.05, 4.69) is 33.2 Å². The Hall–Kier alpha value is -3.74. The molecule has 1 aliphatic rings. The zero-order valence-electron chi connectivity index (χ0n) is 19.0. The van der Waals surface area contributed by atoms with Crippen LogP contribution in [0.3, 0.4) is 0 Å². The molecule has 2 amide bonds. The molecule has 1 aromatic carbocycles. The average molecular weight is 480 g/mol. The van der Waals surface area contributed by atoms with E-state index < -0.39 is 15.6 Å². The van der Waals surface area contributed by atoms with E-state index in [0.717, 1.165) is 5.56 Å². The number of furan rings is 1. The Kier molecular flexibility index (Phi) is 8.35. The highest BCUT2D eigenvalue weighted by Gasteiger charge is 2.18. The lowest BCUT2D eigenvalue weighted by atomic mass is 10.1. The highest BCUT2D eigenvalue weighted by molar-refractivity contribution is 7.94. The third kappa shape index (κ3) is 6.88. The number of aryl methyl sites for hydroxylation is 1. The second-order valence-electron chi connectivity index (χ2n) is 7.50. The maximum atomic E-state index is 12.7. The lowest BCUT2D eigenvalue weighted by Crippen LogP contribution is -2.26. The minimum Gasteiger partial charge on any atom is -0.459 e. The van der Waals surface area contributed by atoms with Crippen LogP contribution in [-0.2, 0) is 19.3 Å². The van der Waals surface area contributed by atoms with Gasteiger partial charge in [0.15, 0.2) is 5.76 Å². The smallest absolute Gasteiger partial charge is 0.291 e. The summed E-state index contributed by atoms with van der Waals surface area (Å²) in [7, 11) is -2.64. The largest absolute Gasteiger partial charge is 0.459 e. The van der Waals surface area contributed by atoms with Gasteiger partial charge in [0.05, 0.1) is 46.3 Å². The first kappa shape index (κ1) is 24.9. The van der Waals surface area contributed by atoms with Gasteiger partial charge < -0.3 is 14.5 Å². The molecule has 0 bridgehead atoms. The topological polar surface area (TPSA) is 110 Å². The van der Waals surface area contributed by atoms with Gasteiger partial charge in [-0.15, -0.1) is 0 Å². The molecular formula is C25H25N3O5S. The Morgan fingerprint density at radius 2 is 2.00 bits per heavy atom. The molecule has 3 rings (SSSR count). The number of carbonyl (C=O) groups excluding carboxylic acids is 2. The summed E-state index contributed by atoms with van der Waals surface area (Å²) >= 11 is 0. The molecule has 1 fully saturated rings. The van der Waals surface area contributed by atoms with Crippen molar-refractivity contribution in [3.8, 4) is 11.8 Å². The number of carbonyl (C=O) groups is 2. The van der Waals surface area contributed by atoms with E-state index >= 15 is 0 Å². The summed E-state index contributed by atoms with van der Waals surface area (Å²) in [5, 5.41) is 2.78. The number of ether oxygens (including phenoxy) is 1. The number of benzene rings is 1. The first-order chi connectivity index (χ1) is 16.3. The predicted molar refractivity (Wildman–Crippen MR) is 132 cm³/mol. The van der Waals surface area contributed by atoms with Crippen molar-refractivity contribution in [3.05, 3.63) is 76.9 Å². The summed E-state index contributed by atoms with van der Waals surface area (Å²) in [4.78, 5) is 28.6. The fourth-order valence-electron chi connectivity index (χ4n) is 3.04. The summed E-state index contributed by atoms with van der Waals surface area (Å²) < 4.78 is 27.0. The summed E-state index contributed by atoms with van der Waals surface area (Å²) in [6.07, 6.45) is 4.26. The van der Waals surface area contributed by atoms with E-state index in [1.807, 2.05) is 0 Å². The molecule has 34 heavy (non-hydrogen) atoms. The Balaban J connectivity index is 1.76. The molecule has 0 radical (unpaired) electrons. The lowest BCUT2D eigenvalue weighted by molar-refractivity contribution is -0.113. The van der Waals surface area contributed by atoms with Gasteiger partial charge in [0.25, 0.3) is 11.8 Å². The van der Waals surface area contributed by atoms with Crippen molar-refractivity contribution < 1.29 is 23.0 Å². The van der Waals surface area contributed by atoms with Crippen molar-refractivity contribution in [3.63, 3.8) is 0 Å². The van der Waals surface area contributed by atoms with E-state index in [1.165, 1.54) is 18.5 Å². The van der Waals surface area contributed by atoms with Crippen LogP contribution >= 0.6 is 0 Å². The van der Waals surface area contributed by atoms with Crippen LogP contribution < -0.4 is 5.32 Å². The number of amides is 2. The summed E-state index contributed by atoms with van der Waals surface area (Å²) in [6, 6.07) is 8.77. The van der Waals surface area contributed by atoms with Crippen molar-refractivity contribution in [1.29, 1.82) is 0 Å². The summed E-state index contributed by atoms with van der Waals surface area (Å²) in [5.41, 5.74) is 2.69. The monoisotopic (exact) mass is 479 g/mol. The molecule has 1 aromatic heterocycles. The van der Waals surface area contributed by atoms with E-state index in [1.54, 1.807) is 44.2 Å². The van der Waals surface area contributed by atoms with Crippen molar-refractivity contribution in [2.45, 2.75) is 13.8 Å². The third-order valence-electron chi connectivity index (χ3n) is 4.78. The van der Waals surface area contributed by atoms with E-state index in [0.29, 0.717) is 30.0 Å². The summed E-state index contributed by atoms with van der Waals surface area (Å²) in [6.45, 7) is 7.54. The number of rotatable bonds is 5.